The van der Waals surface area contributed by atoms with Crippen LogP contribution in [0.5, 0.6) is 0 Å². The molecular formula is C15H17NO2. The summed E-state index contributed by atoms with van der Waals surface area (Å²) >= 11 is 0. The number of carbonyl (C=O) groups excluding carboxylic acids is 2. The fourth-order valence-corrected chi connectivity index (χ4v) is 3.34. The Morgan fingerprint density at radius 2 is 2.06 bits per heavy atom. The number of nitrogens with one attached hydrogen (secondary N) is 1. The van der Waals surface area contributed by atoms with Gasteiger partial charge in [0.15, 0.2) is 0 Å². The van der Waals surface area contributed by atoms with Crippen LogP contribution in [0.4, 0.5) is 5.69 Å². The first kappa shape index (κ1) is 11.5. The lowest BCUT2D eigenvalue weighted by Crippen LogP contribution is -2.41. The van der Waals surface area contributed by atoms with Gasteiger partial charge in [0.2, 0.25) is 5.91 Å². The van der Waals surface area contributed by atoms with E-state index in [0.717, 1.165) is 24.1 Å². The summed E-state index contributed by atoms with van der Waals surface area (Å²) in [5.74, 6) is 0.482. The molecule has 1 heterocycles. The summed E-state index contributed by atoms with van der Waals surface area (Å²) in [5.41, 5.74) is 1.42. The number of rotatable bonds is 1. The lowest BCUT2D eigenvalue weighted by Gasteiger charge is -2.34. The summed E-state index contributed by atoms with van der Waals surface area (Å²) in [6.07, 6.45) is 3.09. The van der Waals surface area contributed by atoms with Gasteiger partial charge in [-0.2, -0.15) is 0 Å². The maximum Gasteiger partial charge on any atom is 0.235 e. The monoisotopic (exact) mass is 243 g/mol. The van der Waals surface area contributed by atoms with Crippen LogP contribution in [0.1, 0.15) is 38.2 Å². The van der Waals surface area contributed by atoms with Crippen LogP contribution >= 0.6 is 0 Å². The molecule has 1 aromatic rings. The Labute approximate surface area is 107 Å². The molecule has 1 amide bonds. The molecule has 94 valence electrons. The highest BCUT2D eigenvalue weighted by molar-refractivity contribution is 6.06. The second-order valence-corrected chi connectivity index (χ2v) is 5.53. The van der Waals surface area contributed by atoms with Crippen molar-refractivity contribution >= 4 is 17.4 Å². The normalized spacial score (nSPS) is 31.1. The highest BCUT2D eigenvalue weighted by Gasteiger charge is 2.49. The van der Waals surface area contributed by atoms with Crippen LogP contribution in [0.15, 0.2) is 24.3 Å². The van der Waals surface area contributed by atoms with Crippen molar-refractivity contribution in [1.82, 2.24) is 0 Å². The van der Waals surface area contributed by atoms with E-state index in [1.54, 1.807) is 0 Å². The van der Waals surface area contributed by atoms with Gasteiger partial charge in [-0.15, -0.1) is 0 Å². The molecule has 0 unspecified atom stereocenters. The van der Waals surface area contributed by atoms with Crippen LogP contribution in [0, 0.1) is 5.92 Å². The van der Waals surface area contributed by atoms with Gasteiger partial charge in [-0.1, -0.05) is 18.2 Å². The SMILES string of the molecule is C[C@]1([C@H]2CCCC(=O)C2)C(=O)Nc2ccccc21. The summed E-state index contributed by atoms with van der Waals surface area (Å²) in [6.45, 7) is 1.98. The maximum absolute atomic E-state index is 12.3. The van der Waals surface area contributed by atoms with Gasteiger partial charge < -0.3 is 5.32 Å². The summed E-state index contributed by atoms with van der Waals surface area (Å²) in [5, 5.41) is 2.95. The number of para-hydroxylation sites is 1. The molecule has 0 radical (unpaired) electrons. The molecular weight excluding hydrogens is 226 g/mol. The van der Waals surface area contributed by atoms with Crippen molar-refractivity contribution in [3.05, 3.63) is 29.8 Å². The molecule has 0 aromatic heterocycles. The van der Waals surface area contributed by atoms with E-state index < -0.39 is 5.41 Å². The highest BCUT2D eigenvalue weighted by Crippen LogP contribution is 2.47. The van der Waals surface area contributed by atoms with Crippen LogP contribution in [0.2, 0.25) is 0 Å². The Hall–Kier alpha value is -1.64. The summed E-state index contributed by atoms with van der Waals surface area (Å²) < 4.78 is 0. The number of benzene rings is 1. The fourth-order valence-electron chi connectivity index (χ4n) is 3.34. The molecule has 1 aliphatic carbocycles. The van der Waals surface area contributed by atoms with E-state index >= 15 is 0 Å². The third kappa shape index (κ3) is 1.50. The predicted molar refractivity (Wildman–Crippen MR) is 69.4 cm³/mol. The number of hydrogen-bond acceptors (Lipinski definition) is 2. The van der Waals surface area contributed by atoms with Crippen molar-refractivity contribution in [3.63, 3.8) is 0 Å². The number of Topliss-reactive ketones (excluding diaryl/α,β-unsaturated/α-hetero) is 1. The molecule has 3 nitrogen and oxygen atoms in total. The maximum atomic E-state index is 12.3. The Balaban J connectivity index is 2.03. The Morgan fingerprint density at radius 3 is 2.83 bits per heavy atom. The van der Waals surface area contributed by atoms with Crippen LogP contribution in [0.25, 0.3) is 0 Å². The number of ketones is 1. The molecule has 1 N–H and O–H groups in total. The van der Waals surface area contributed by atoms with E-state index in [2.05, 4.69) is 5.32 Å². The third-order valence-electron chi connectivity index (χ3n) is 4.51. The Kier molecular flexibility index (Phi) is 2.51. The molecule has 1 fully saturated rings. The van der Waals surface area contributed by atoms with Gasteiger partial charge in [0, 0.05) is 18.5 Å². The molecule has 3 rings (SSSR count). The lowest BCUT2D eigenvalue weighted by molar-refractivity contribution is -0.126. The van der Waals surface area contributed by atoms with Crippen LogP contribution < -0.4 is 5.32 Å². The Bertz CT molecular complexity index is 523. The number of fused-ring (bicyclic) bond motifs is 1. The summed E-state index contributed by atoms with van der Waals surface area (Å²) in [4.78, 5) is 24.0. The molecule has 0 spiro atoms. The summed E-state index contributed by atoms with van der Waals surface area (Å²) in [6, 6.07) is 7.83. The van der Waals surface area contributed by atoms with E-state index in [9.17, 15) is 9.59 Å². The van der Waals surface area contributed by atoms with E-state index in [4.69, 9.17) is 0 Å². The highest BCUT2D eigenvalue weighted by atomic mass is 16.2. The molecule has 18 heavy (non-hydrogen) atoms. The largest absolute Gasteiger partial charge is 0.325 e. The predicted octanol–water partition coefficient (Wildman–Crippen LogP) is 2.66. The number of hydrogen-bond donors (Lipinski definition) is 1. The zero-order valence-electron chi connectivity index (χ0n) is 10.5. The standard InChI is InChI=1S/C15H17NO2/c1-15(10-5-4-6-11(17)9-10)12-7-2-3-8-13(12)16-14(15)18/h2-3,7-8,10H,4-6,9H2,1H3,(H,16,18)/t10-,15+/m0/s1. The van der Waals surface area contributed by atoms with Crippen LogP contribution in [-0.2, 0) is 15.0 Å². The molecule has 3 heteroatoms. The summed E-state index contributed by atoms with van der Waals surface area (Å²) in [7, 11) is 0. The van der Waals surface area contributed by atoms with Gasteiger partial charge in [0.25, 0.3) is 0 Å². The second-order valence-electron chi connectivity index (χ2n) is 5.53. The van der Waals surface area contributed by atoms with Crippen LogP contribution in [-0.4, -0.2) is 11.7 Å². The van der Waals surface area contributed by atoms with Crippen molar-refractivity contribution in [2.45, 2.75) is 38.0 Å². The molecule has 1 saturated carbocycles. The molecule has 2 aliphatic rings. The van der Waals surface area contributed by atoms with Gasteiger partial charge >= 0.3 is 0 Å². The zero-order chi connectivity index (χ0) is 12.8. The van der Waals surface area contributed by atoms with Gasteiger partial charge in [0.1, 0.15) is 5.78 Å². The van der Waals surface area contributed by atoms with Gasteiger partial charge in [-0.25, -0.2) is 0 Å². The van der Waals surface area contributed by atoms with Gasteiger partial charge in [-0.3, -0.25) is 9.59 Å². The molecule has 2 atom stereocenters. The first-order chi connectivity index (χ1) is 8.62. The van der Waals surface area contributed by atoms with Crippen molar-refractivity contribution in [3.8, 4) is 0 Å². The number of carbonyl (C=O) groups is 2. The van der Waals surface area contributed by atoms with Crippen molar-refractivity contribution in [2.24, 2.45) is 5.92 Å². The van der Waals surface area contributed by atoms with E-state index in [-0.39, 0.29) is 11.8 Å². The topological polar surface area (TPSA) is 46.2 Å². The van der Waals surface area contributed by atoms with Crippen molar-refractivity contribution in [1.29, 1.82) is 0 Å². The number of amides is 1. The van der Waals surface area contributed by atoms with Crippen LogP contribution in [0.3, 0.4) is 0 Å². The van der Waals surface area contributed by atoms with Crippen molar-refractivity contribution in [2.75, 3.05) is 5.32 Å². The quantitative estimate of drug-likeness (QED) is 0.824. The lowest BCUT2D eigenvalue weighted by atomic mass is 9.66. The Morgan fingerprint density at radius 1 is 1.28 bits per heavy atom. The van der Waals surface area contributed by atoms with E-state index in [0.29, 0.717) is 18.6 Å². The first-order valence-corrected chi connectivity index (χ1v) is 6.55. The smallest absolute Gasteiger partial charge is 0.235 e. The second kappa shape index (κ2) is 3.94. The first-order valence-electron chi connectivity index (χ1n) is 6.55. The van der Waals surface area contributed by atoms with Gasteiger partial charge in [-0.05, 0) is 37.3 Å². The average Bonchev–Trinajstić information content (AvgIpc) is 2.63. The minimum Gasteiger partial charge on any atom is -0.325 e. The van der Waals surface area contributed by atoms with E-state index in [1.165, 1.54) is 0 Å². The molecule has 1 aromatic carbocycles. The molecule has 1 aliphatic heterocycles. The number of anilines is 1. The fraction of sp³-hybridized carbons (Fsp3) is 0.467. The average molecular weight is 243 g/mol. The minimum atomic E-state index is -0.535. The van der Waals surface area contributed by atoms with Gasteiger partial charge in [0.05, 0.1) is 5.41 Å². The van der Waals surface area contributed by atoms with E-state index in [1.807, 2.05) is 31.2 Å². The molecule has 0 bridgehead atoms. The molecule has 0 saturated heterocycles. The minimum absolute atomic E-state index is 0.0448. The third-order valence-corrected chi connectivity index (χ3v) is 4.51. The van der Waals surface area contributed by atoms with Crippen molar-refractivity contribution < 1.29 is 9.59 Å². The zero-order valence-corrected chi connectivity index (χ0v) is 10.5.